The molecular weight excluding hydrogens is 232 g/mol. The van der Waals surface area contributed by atoms with Gasteiger partial charge in [0.15, 0.2) is 5.16 Å². The summed E-state index contributed by atoms with van der Waals surface area (Å²) >= 11 is 1.03. The number of carbonyl (C=O) groups excluding carboxylic acids is 1. The molecule has 0 bridgehead atoms. The number of rotatable bonds is 5. The van der Waals surface area contributed by atoms with E-state index in [-0.39, 0.29) is 11.7 Å². The Hall–Kier alpha value is -1.57. The summed E-state index contributed by atoms with van der Waals surface area (Å²) in [6.45, 7) is 1.69. The van der Waals surface area contributed by atoms with Crippen molar-refractivity contribution in [1.29, 1.82) is 0 Å². The Bertz CT molecular complexity index is 392. The van der Waals surface area contributed by atoms with E-state index in [9.17, 15) is 9.59 Å². The van der Waals surface area contributed by atoms with Crippen molar-refractivity contribution in [2.24, 2.45) is 0 Å². The highest BCUT2D eigenvalue weighted by Crippen LogP contribution is 2.18. The molecule has 0 saturated carbocycles. The summed E-state index contributed by atoms with van der Waals surface area (Å²) in [5, 5.41) is 18.9. The van der Waals surface area contributed by atoms with Crippen molar-refractivity contribution in [2.45, 2.75) is 18.1 Å². The number of aliphatic carboxylic acids is 1. The maximum Gasteiger partial charge on any atom is 0.313 e. The number of aromatic nitrogens is 3. The fraction of sp³-hybridized carbons (Fsp3) is 0.500. The molecule has 0 radical (unpaired) electrons. The number of likely N-dealkylation sites (N-methyl/N-ethyl adjacent to an activating group) is 1. The molecule has 7 nitrogen and oxygen atoms in total. The molecule has 1 rings (SSSR count). The van der Waals surface area contributed by atoms with Crippen LogP contribution < -0.4 is 5.32 Å². The molecule has 0 saturated heterocycles. The maximum atomic E-state index is 11.4. The zero-order valence-corrected chi connectivity index (χ0v) is 9.69. The first-order chi connectivity index (χ1) is 7.56. The van der Waals surface area contributed by atoms with Crippen molar-refractivity contribution in [2.75, 3.05) is 12.8 Å². The van der Waals surface area contributed by atoms with Crippen LogP contribution in [0.25, 0.3) is 0 Å². The lowest BCUT2D eigenvalue weighted by Gasteiger charge is -2.12. The second-order valence-corrected chi connectivity index (χ2v) is 3.94. The number of amides is 1. The Balaban J connectivity index is 2.77. The van der Waals surface area contributed by atoms with Crippen LogP contribution in [0.15, 0.2) is 11.5 Å². The molecule has 0 fully saturated rings. The van der Waals surface area contributed by atoms with Crippen molar-refractivity contribution in [3.63, 3.8) is 0 Å². The topological polar surface area (TPSA) is 97.1 Å². The number of carbonyl (C=O) groups is 2. The number of hydrogen-bond donors (Lipinski definition) is 2. The SMILES string of the molecule is CNC(=O)C(C)n1cnnc1SCC(=O)O. The third-order valence-corrected chi connectivity index (χ3v) is 2.85. The van der Waals surface area contributed by atoms with Crippen LogP contribution in [0.4, 0.5) is 0 Å². The number of nitrogens with zero attached hydrogens (tertiary/aromatic N) is 3. The number of thioether (sulfide) groups is 1. The minimum absolute atomic E-state index is 0.112. The zero-order valence-electron chi connectivity index (χ0n) is 8.88. The van der Waals surface area contributed by atoms with Gasteiger partial charge in [-0.05, 0) is 6.92 Å². The second-order valence-electron chi connectivity index (χ2n) is 2.99. The molecule has 0 aliphatic carbocycles. The first-order valence-electron chi connectivity index (χ1n) is 4.52. The van der Waals surface area contributed by atoms with E-state index < -0.39 is 12.0 Å². The van der Waals surface area contributed by atoms with Gasteiger partial charge in [0, 0.05) is 7.05 Å². The van der Waals surface area contributed by atoms with Gasteiger partial charge in [0.05, 0.1) is 5.75 Å². The van der Waals surface area contributed by atoms with Crippen LogP contribution in [0.3, 0.4) is 0 Å². The van der Waals surface area contributed by atoms with Gasteiger partial charge >= 0.3 is 5.97 Å². The van der Waals surface area contributed by atoms with E-state index >= 15 is 0 Å². The summed E-state index contributed by atoms with van der Waals surface area (Å²) in [7, 11) is 1.53. The molecule has 1 atom stereocenters. The normalized spacial score (nSPS) is 12.1. The minimum atomic E-state index is -0.938. The van der Waals surface area contributed by atoms with Crippen LogP contribution in [0.1, 0.15) is 13.0 Å². The zero-order chi connectivity index (χ0) is 12.1. The van der Waals surface area contributed by atoms with E-state index in [2.05, 4.69) is 15.5 Å². The van der Waals surface area contributed by atoms with E-state index in [0.717, 1.165) is 11.8 Å². The van der Waals surface area contributed by atoms with Crippen molar-refractivity contribution in [3.8, 4) is 0 Å². The second kappa shape index (κ2) is 5.50. The van der Waals surface area contributed by atoms with Gasteiger partial charge in [0.25, 0.3) is 0 Å². The van der Waals surface area contributed by atoms with Gasteiger partial charge in [-0.2, -0.15) is 0 Å². The monoisotopic (exact) mass is 244 g/mol. The highest BCUT2D eigenvalue weighted by Gasteiger charge is 2.17. The van der Waals surface area contributed by atoms with E-state index in [1.165, 1.54) is 17.9 Å². The van der Waals surface area contributed by atoms with Crippen LogP contribution in [-0.4, -0.2) is 44.5 Å². The van der Waals surface area contributed by atoms with E-state index in [0.29, 0.717) is 5.16 Å². The average Bonchev–Trinajstić information content (AvgIpc) is 2.72. The molecule has 88 valence electrons. The quantitative estimate of drug-likeness (QED) is 0.694. The van der Waals surface area contributed by atoms with Gasteiger partial charge < -0.3 is 10.4 Å². The first-order valence-corrected chi connectivity index (χ1v) is 5.50. The number of carboxylic acids is 1. The molecule has 0 aliphatic rings. The van der Waals surface area contributed by atoms with Crippen LogP contribution in [-0.2, 0) is 9.59 Å². The molecular formula is C8H12N4O3S. The molecule has 1 aromatic rings. The highest BCUT2D eigenvalue weighted by atomic mass is 32.2. The summed E-state index contributed by atoms with van der Waals surface area (Å²) < 4.78 is 1.53. The Morgan fingerprint density at radius 3 is 2.94 bits per heavy atom. The average molecular weight is 244 g/mol. The van der Waals surface area contributed by atoms with Gasteiger partial charge in [-0.3, -0.25) is 14.2 Å². The smallest absolute Gasteiger partial charge is 0.313 e. The van der Waals surface area contributed by atoms with Crippen LogP contribution in [0.5, 0.6) is 0 Å². The number of carboxylic acid groups (broad SMARTS) is 1. The Kier molecular flexibility index (Phi) is 4.29. The molecule has 0 spiro atoms. The highest BCUT2D eigenvalue weighted by molar-refractivity contribution is 7.99. The molecule has 1 aromatic heterocycles. The van der Waals surface area contributed by atoms with Crippen molar-refractivity contribution >= 4 is 23.6 Å². The summed E-state index contributed by atoms with van der Waals surface area (Å²) in [5.74, 6) is -1.23. The predicted molar refractivity (Wildman–Crippen MR) is 57.2 cm³/mol. The lowest BCUT2D eigenvalue weighted by Crippen LogP contribution is -2.27. The molecule has 2 N–H and O–H groups in total. The van der Waals surface area contributed by atoms with Gasteiger partial charge in [0.1, 0.15) is 12.4 Å². The van der Waals surface area contributed by atoms with E-state index in [1.807, 2.05) is 0 Å². The molecule has 1 amide bonds. The molecule has 0 aliphatic heterocycles. The molecule has 1 heterocycles. The predicted octanol–water partition coefficient (Wildman–Crippen LogP) is -0.238. The van der Waals surface area contributed by atoms with Crippen molar-refractivity contribution < 1.29 is 14.7 Å². The first kappa shape index (κ1) is 12.5. The van der Waals surface area contributed by atoms with Crippen LogP contribution in [0.2, 0.25) is 0 Å². The largest absolute Gasteiger partial charge is 0.481 e. The van der Waals surface area contributed by atoms with E-state index in [4.69, 9.17) is 5.11 Å². The van der Waals surface area contributed by atoms with Crippen LogP contribution >= 0.6 is 11.8 Å². The maximum absolute atomic E-state index is 11.4. The summed E-state index contributed by atoms with van der Waals surface area (Å²) in [6, 6.07) is -0.462. The van der Waals surface area contributed by atoms with Gasteiger partial charge in [-0.1, -0.05) is 11.8 Å². The van der Waals surface area contributed by atoms with Crippen LogP contribution in [0, 0.1) is 0 Å². The third-order valence-electron chi connectivity index (χ3n) is 1.91. The van der Waals surface area contributed by atoms with Gasteiger partial charge in [0.2, 0.25) is 5.91 Å². The van der Waals surface area contributed by atoms with Gasteiger partial charge in [-0.15, -0.1) is 10.2 Å². The third kappa shape index (κ3) is 2.96. The molecule has 0 aromatic carbocycles. The lowest BCUT2D eigenvalue weighted by molar-refractivity contribution is -0.133. The fourth-order valence-corrected chi connectivity index (χ4v) is 1.77. The molecule has 16 heavy (non-hydrogen) atoms. The summed E-state index contributed by atoms with van der Waals surface area (Å²) in [4.78, 5) is 21.8. The van der Waals surface area contributed by atoms with E-state index in [1.54, 1.807) is 6.92 Å². The number of nitrogens with one attached hydrogen (secondary N) is 1. The fourth-order valence-electron chi connectivity index (χ4n) is 1.06. The lowest BCUT2D eigenvalue weighted by atomic mass is 10.3. The summed E-state index contributed by atoms with van der Waals surface area (Å²) in [6.07, 6.45) is 1.41. The van der Waals surface area contributed by atoms with Crippen molar-refractivity contribution in [3.05, 3.63) is 6.33 Å². The Labute approximate surface area is 96.2 Å². The molecule has 8 heteroatoms. The number of hydrogen-bond acceptors (Lipinski definition) is 5. The Morgan fingerprint density at radius 1 is 1.69 bits per heavy atom. The molecule has 1 unspecified atom stereocenters. The van der Waals surface area contributed by atoms with Crippen molar-refractivity contribution in [1.82, 2.24) is 20.1 Å². The summed E-state index contributed by atoms with van der Waals surface area (Å²) in [5.41, 5.74) is 0. The Morgan fingerprint density at radius 2 is 2.38 bits per heavy atom. The standard InChI is InChI=1S/C8H12N4O3S/c1-5(7(15)9-2)12-4-10-11-8(12)16-3-6(13)14/h4-5H,3H2,1-2H3,(H,9,15)(H,13,14). The van der Waals surface area contributed by atoms with Gasteiger partial charge in [-0.25, -0.2) is 0 Å². The minimum Gasteiger partial charge on any atom is -0.481 e.